The van der Waals surface area contributed by atoms with Crippen LogP contribution in [0.1, 0.15) is 24.3 Å². The number of guanidine groups is 1. The average Bonchev–Trinajstić information content (AvgIpc) is 2.57. The first-order valence-corrected chi connectivity index (χ1v) is 8.54. The molecule has 2 aromatic carbocycles. The highest BCUT2D eigenvalue weighted by molar-refractivity contribution is 6.30. The number of anilines is 1. The lowest BCUT2D eigenvalue weighted by Gasteiger charge is -2.33. The lowest BCUT2D eigenvalue weighted by molar-refractivity contribution is 0.353. The smallest absolute Gasteiger partial charge is 0.193 e. The number of nitrogens with two attached hydrogens (primary N) is 1. The van der Waals surface area contributed by atoms with Gasteiger partial charge in [0.15, 0.2) is 17.5 Å². The monoisotopic (exact) mass is 359 g/mol. The Kier molecular flexibility index (Phi) is 5.34. The number of methoxy groups -OCH3 is 2. The number of ether oxygens (including phenoxy) is 2. The van der Waals surface area contributed by atoms with Crippen molar-refractivity contribution < 1.29 is 9.47 Å². The molecule has 3 rings (SSSR count). The van der Waals surface area contributed by atoms with Gasteiger partial charge in [-0.1, -0.05) is 23.7 Å². The summed E-state index contributed by atoms with van der Waals surface area (Å²) in [6.07, 6.45) is 1.96. The zero-order valence-electron chi connectivity index (χ0n) is 14.3. The Bertz CT molecular complexity index is 773. The van der Waals surface area contributed by atoms with Crippen LogP contribution in [0.5, 0.6) is 11.5 Å². The largest absolute Gasteiger partial charge is 0.493 e. The van der Waals surface area contributed by atoms with Crippen molar-refractivity contribution in [3.05, 3.63) is 53.1 Å². The SMILES string of the molecule is COc1ccc(NC(N)=NC2CC(c3cccc(Cl)c3)C2)cc1OC. The van der Waals surface area contributed by atoms with Crippen molar-refractivity contribution in [3.63, 3.8) is 0 Å². The zero-order chi connectivity index (χ0) is 17.8. The lowest BCUT2D eigenvalue weighted by atomic mass is 9.76. The summed E-state index contributed by atoms with van der Waals surface area (Å²) in [6.45, 7) is 0. The molecule has 6 heteroatoms. The molecule has 0 spiro atoms. The number of hydrogen-bond acceptors (Lipinski definition) is 3. The Hall–Kier alpha value is -2.40. The highest BCUT2D eigenvalue weighted by Crippen LogP contribution is 2.39. The van der Waals surface area contributed by atoms with E-state index in [9.17, 15) is 0 Å². The van der Waals surface area contributed by atoms with Crippen LogP contribution in [0, 0.1) is 0 Å². The van der Waals surface area contributed by atoms with E-state index in [0.29, 0.717) is 23.4 Å². The van der Waals surface area contributed by atoms with E-state index in [1.807, 2.05) is 36.4 Å². The predicted octanol–water partition coefficient (Wildman–Crippen LogP) is 4.03. The summed E-state index contributed by atoms with van der Waals surface area (Å²) in [5.41, 5.74) is 8.11. The fourth-order valence-electron chi connectivity index (χ4n) is 3.02. The Morgan fingerprint density at radius 3 is 2.56 bits per heavy atom. The first-order valence-electron chi connectivity index (χ1n) is 8.17. The third-order valence-electron chi connectivity index (χ3n) is 4.41. The molecule has 1 saturated carbocycles. The number of benzene rings is 2. The molecule has 0 bridgehead atoms. The van der Waals surface area contributed by atoms with E-state index in [0.717, 1.165) is 23.6 Å². The van der Waals surface area contributed by atoms with Crippen molar-refractivity contribution in [1.82, 2.24) is 0 Å². The molecule has 1 fully saturated rings. The Balaban J connectivity index is 1.58. The molecule has 2 aromatic rings. The molecular weight excluding hydrogens is 338 g/mol. The average molecular weight is 360 g/mol. The molecule has 0 unspecified atom stereocenters. The van der Waals surface area contributed by atoms with Crippen molar-refractivity contribution in [1.29, 1.82) is 0 Å². The summed E-state index contributed by atoms with van der Waals surface area (Å²) in [4.78, 5) is 4.55. The molecule has 0 heterocycles. The molecule has 0 amide bonds. The second kappa shape index (κ2) is 7.66. The number of aliphatic imine (C=N–C) groups is 1. The summed E-state index contributed by atoms with van der Waals surface area (Å²) < 4.78 is 10.5. The van der Waals surface area contributed by atoms with Crippen LogP contribution in [-0.4, -0.2) is 26.2 Å². The van der Waals surface area contributed by atoms with Crippen LogP contribution < -0.4 is 20.5 Å². The van der Waals surface area contributed by atoms with E-state index in [-0.39, 0.29) is 6.04 Å². The van der Waals surface area contributed by atoms with E-state index in [2.05, 4.69) is 16.4 Å². The van der Waals surface area contributed by atoms with Crippen molar-refractivity contribution in [3.8, 4) is 11.5 Å². The van der Waals surface area contributed by atoms with Crippen LogP contribution in [0.3, 0.4) is 0 Å². The van der Waals surface area contributed by atoms with Gasteiger partial charge in [-0.15, -0.1) is 0 Å². The van der Waals surface area contributed by atoms with Crippen LogP contribution in [0.2, 0.25) is 5.02 Å². The van der Waals surface area contributed by atoms with Gasteiger partial charge in [-0.2, -0.15) is 0 Å². The second-order valence-electron chi connectivity index (χ2n) is 6.09. The fraction of sp³-hybridized carbons (Fsp3) is 0.316. The summed E-state index contributed by atoms with van der Waals surface area (Å²) in [7, 11) is 3.21. The topological polar surface area (TPSA) is 68.9 Å². The minimum atomic E-state index is 0.233. The highest BCUT2D eigenvalue weighted by Gasteiger charge is 2.30. The zero-order valence-corrected chi connectivity index (χ0v) is 15.1. The van der Waals surface area contributed by atoms with Crippen LogP contribution >= 0.6 is 11.6 Å². The summed E-state index contributed by atoms with van der Waals surface area (Å²) >= 11 is 6.05. The van der Waals surface area contributed by atoms with E-state index < -0.39 is 0 Å². The normalized spacial score (nSPS) is 19.9. The molecule has 3 N–H and O–H groups in total. The Labute approximate surface area is 152 Å². The molecule has 25 heavy (non-hydrogen) atoms. The van der Waals surface area contributed by atoms with Gasteiger partial charge < -0.3 is 20.5 Å². The van der Waals surface area contributed by atoms with Gasteiger partial charge in [0.2, 0.25) is 0 Å². The number of nitrogens with zero attached hydrogens (tertiary/aromatic N) is 1. The summed E-state index contributed by atoms with van der Waals surface area (Å²) in [5.74, 6) is 2.22. The fourth-order valence-corrected chi connectivity index (χ4v) is 3.22. The quantitative estimate of drug-likeness (QED) is 0.624. The predicted molar refractivity (Wildman–Crippen MR) is 102 cm³/mol. The van der Waals surface area contributed by atoms with E-state index in [1.54, 1.807) is 14.2 Å². The van der Waals surface area contributed by atoms with Crippen LogP contribution in [0.25, 0.3) is 0 Å². The molecule has 1 aliphatic rings. The third kappa shape index (κ3) is 4.17. The first-order chi connectivity index (χ1) is 12.1. The lowest BCUT2D eigenvalue weighted by Crippen LogP contribution is -2.31. The van der Waals surface area contributed by atoms with Gasteiger partial charge in [0.25, 0.3) is 0 Å². The minimum Gasteiger partial charge on any atom is -0.493 e. The van der Waals surface area contributed by atoms with Crippen molar-refractivity contribution in [2.75, 3.05) is 19.5 Å². The molecule has 0 aliphatic heterocycles. The summed E-state index contributed by atoms with van der Waals surface area (Å²) in [6, 6.07) is 13.8. The second-order valence-corrected chi connectivity index (χ2v) is 6.52. The molecule has 5 nitrogen and oxygen atoms in total. The molecule has 0 aromatic heterocycles. The van der Waals surface area contributed by atoms with E-state index >= 15 is 0 Å². The van der Waals surface area contributed by atoms with Crippen LogP contribution in [-0.2, 0) is 0 Å². The standard InChI is InChI=1S/C19H22ClN3O2/c1-24-17-7-6-15(11-18(17)25-2)22-19(21)23-16-9-13(10-16)12-4-3-5-14(20)8-12/h3-8,11,13,16H,9-10H2,1-2H3,(H3,21,22,23). The molecule has 0 radical (unpaired) electrons. The van der Waals surface area contributed by atoms with Gasteiger partial charge in [-0.3, -0.25) is 0 Å². The molecule has 132 valence electrons. The van der Waals surface area contributed by atoms with E-state index in [4.69, 9.17) is 26.8 Å². The van der Waals surface area contributed by atoms with Gasteiger partial charge in [0.1, 0.15) is 0 Å². The van der Waals surface area contributed by atoms with Gasteiger partial charge in [-0.05, 0) is 48.6 Å². The third-order valence-corrected chi connectivity index (χ3v) is 4.65. The van der Waals surface area contributed by atoms with Gasteiger partial charge >= 0.3 is 0 Å². The maximum absolute atomic E-state index is 6.05. The minimum absolute atomic E-state index is 0.233. The highest BCUT2D eigenvalue weighted by atomic mass is 35.5. The van der Waals surface area contributed by atoms with Gasteiger partial charge in [0.05, 0.1) is 20.3 Å². The molecule has 1 aliphatic carbocycles. The molecule has 0 saturated heterocycles. The first kappa shape index (κ1) is 17.4. The number of halogens is 1. The summed E-state index contributed by atoms with van der Waals surface area (Å²) in [5, 5.41) is 3.88. The number of nitrogens with one attached hydrogen (secondary N) is 1. The van der Waals surface area contributed by atoms with Crippen LogP contribution in [0.15, 0.2) is 47.5 Å². The maximum Gasteiger partial charge on any atom is 0.193 e. The number of hydrogen-bond donors (Lipinski definition) is 2. The van der Waals surface area contributed by atoms with Gasteiger partial charge in [0, 0.05) is 16.8 Å². The van der Waals surface area contributed by atoms with Crippen molar-refractivity contribution >= 4 is 23.2 Å². The Morgan fingerprint density at radius 2 is 1.88 bits per heavy atom. The van der Waals surface area contributed by atoms with Gasteiger partial charge in [-0.25, -0.2) is 4.99 Å². The van der Waals surface area contributed by atoms with Crippen molar-refractivity contribution in [2.24, 2.45) is 10.7 Å². The maximum atomic E-state index is 6.05. The van der Waals surface area contributed by atoms with E-state index in [1.165, 1.54) is 5.56 Å². The van der Waals surface area contributed by atoms with Crippen molar-refractivity contribution in [2.45, 2.75) is 24.8 Å². The van der Waals surface area contributed by atoms with Crippen LogP contribution in [0.4, 0.5) is 5.69 Å². The Morgan fingerprint density at radius 1 is 1.12 bits per heavy atom. The molecular formula is C19H22ClN3O2. The molecule has 0 atom stereocenters. The number of rotatable bonds is 5.